The lowest BCUT2D eigenvalue weighted by molar-refractivity contribution is -0.119. The molecule has 26 heavy (non-hydrogen) atoms. The molecular weight excluding hydrogens is 359 g/mol. The van der Waals surface area contributed by atoms with Crippen LogP contribution >= 0.6 is 11.3 Å². The monoisotopic (exact) mass is 376 g/mol. The Morgan fingerprint density at radius 2 is 2.31 bits per heavy atom. The Balaban J connectivity index is 1.76. The van der Waals surface area contributed by atoms with Crippen molar-refractivity contribution in [3.05, 3.63) is 35.1 Å². The number of ether oxygens (including phenoxy) is 1. The molecule has 3 rings (SSSR count). The van der Waals surface area contributed by atoms with E-state index in [1.807, 2.05) is 13.0 Å². The van der Waals surface area contributed by atoms with E-state index in [9.17, 15) is 14.0 Å². The lowest BCUT2D eigenvalue weighted by Crippen LogP contribution is -2.33. The molecule has 0 aliphatic carbocycles. The van der Waals surface area contributed by atoms with E-state index in [0.29, 0.717) is 21.3 Å². The summed E-state index contributed by atoms with van der Waals surface area (Å²) >= 11 is 1.28. The molecule has 0 radical (unpaired) electrons. The average molecular weight is 376 g/mol. The third-order valence-electron chi connectivity index (χ3n) is 3.70. The van der Waals surface area contributed by atoms with E-state index in [4.69, 9.17) is 4.74 Å². The van der Waals surface area contributed by atoms with Crippen molar-refractivity contribution in [3.63, 3.8) is 0 Å². The maximum Gasteiger partial charge on any atom is 0.414 e. The quantitative estimate of drug-likeness (QED) is 0.867. The first kappa shape index (κ1) is 18.0. The van der Waals surface area contributed by atoms with E-state index < -0.39 is 18.0 Å². The molecule has 2 amide bonds. The second kappa shape index (κ2) is 7.61. The van der Waals surface area contributed by atoms with Crippen LogP contribution in [0.25, 0.3) is 16.6 Å². The maximum absolute atomic E-state index is 14.5. The number of carbonyl (C=O) groups excluding carboxylic acids is 2. The Bertz CT molecular complexity index is 867. The van der Waals surface area contributed by atoms with Gasteiger partial charge in [0.05, 0.1) is 18.8 Å². The zero-order chi connectivity index (χ0) is 18.7. The summed E-state index contributed by atoms with van der Waals surface area (Å²) in [6.07, 6.45) is 2.59. The molecule has 1 aromatic heterocycles. The third kappa shape index (κ3) is 3.88. The van der Waals surface area contributed by atoms with Crippen molar-refractivity contribution < 1.29 is 18.7 Å². The fourth-order valence-electron chi connectivity index (χ4n) is 2.49. The highest BCUT2D eigenvalue weighted by molar-refractivity contribution is 7.15. The predicted octanol–water partition coefficient (Wildman–Crippen LogP) is 2.84. The number of allylic oxidation sites excluding steroid dienone is 1. The summed E-state index contributed by atoms with van der Waals surface area (Å²) in [5, 5.41) is 11.7. The second-order valence-electron chi connectivity index (χ2n) is 5.66. The number of carbonyl (C=O) groups is 2. The van der Waals surface area contributed by atoms with Gasteiger partial charge in [-0.25, -0.2) is 9.18 Å². The van der Waals surface area contributed by atoms with Crippen molar-refractivity contribution in [2.75, 3.05) is 18.0 Å². The van der Waals surface area contributed by atoms with Crippen molar-refractivity contribution in [1.82, 2.24) is 15.5 Å². The molecule has 2 heterocycles. The van der Waals surface area contributed by atoms with Gasteiger partial charge in [0.1, 0.15) is 16.9 Å². The summed E-state index contributed by atoms with van der Waals surface area (Å²) in [6, 6.07) is 4.48. The lowest BCUT2D eigenvalue weighted by Gasteiger charge is -2.14. The molecule has 1 saturated heterocycles. The van der Waals surface area contributed by atoms with Crippen molar-refractivity contribution in [2.24, 2.45) is 0 Å². The first-order chi connectivity index (χ1) is 12.5. The van der Waals surface area contributed by atoms with Gasteiger partial charge in [-0.2, -0.15) is 0 Å². The molecule has 0 bridgehead atoms. The topological polar surface area (TPSA) is 84.4 Å². The van der Waals surface area contributed by atoms with Crippen LogP contribution < -0.4 is 10.2 Å². The van der Waals surface area contributed by atoms with Gasteiger partial charge in [0.15, 0.2) is 5.01 Å². The van der Waals surface area contributed by atoms with Gasteiger partial charge >= 0.3 is 6.09 Å². The van der Waals surface area contributed by atoms with E-state index in [0.717, 1.165) is 0 Å². The number of halogens is 1. The Kier molecular flexibility index (Phi) is 5.27. The Morgan fingerprint density at radius 1 is 1.50 bits per heavy atom. The average Bonchev–Trinajstić information content (AvgIpc) is 3.20. The van der Waals surface area contributed by atoms with Crippen molar-refractivity contribution in [1.29, 1.82) is 0 Å². The zero-order valence-electron chi connectivity index (χ0n) is 14.2. The van der Waals surface area contributed by atoms with Crippen LogP contribution in [0.3, 0.4) is 0 Å². The minimum Gasteiger partial charge on any atom is -0.442 e. The van der Waals surface area contributed by atoms with E-state index in [-0.39, 0.29) is 19.0 Å². The van der Waals surface area contributed by atoms with E-state index in [1.165, 1.54) is 29.2 Å². The molecule has 1 aromatic carbocycles. The van der Waals surface area contributed by atoms with Crippen LogP contribution in [0.1, 0.15) is 18.9 Å². The van der Waals surface area contributed by atoms with Crippen LogP contribution in [0, 0.1) is 5.82 Å². The summed E-state index contributed by atoms with van der Waals surface area (Å²) in [5.74, 6) is -0.701. The van der Waals surface area contributed by atoms with E-state index >= 15 is 0 Å². The fraction of sp³-hybridized carbons (Fsp3) is 0.294. The first-order valence-corrected chi connectivity index (χ1v) is 8.78. The number of rotatable bonds is 5. The van der Waals surface area contributed by atoms with Gasteiger partial charge < -0.3 is 10.1 Å². The van der Waals surface area contributed by atoms with Gasteiger partial charge in [0.2, 0.25) is 5.91 Å². The smallest absolute Gasteiger partial charge is 0.414 e. The molecule has 0 saturated carbocycles. The number of nitrogens with one attached hydrogen (secondary N) is 1. The van der Waals surface area contributed by atoms with E-state index in [1.54, 1.807) is 18.2 Å². The summed E-state index contributed by atoms with van der Waals surface area (Å²) in [7, 11) is 0. The predicted molar refractivity (Wildman–Crippen MR) is 96.3 cm³/mol. The largest absolute Gasteiger partial charge is 0.442 e. The molecule has 1 aliphatic heterocycles. The Morgan fingerprint density at radius 3 is 3.00 bits per heavy atom. The van der Waals surface area contributed by atoms with Gasteiger partial charge in [0, 0.05) is 12.5 Å². The fourth-order valence-corrected chi connectivity index (χ4v) is 3.34. The first-order valence-electron chi connectivity index (χ1n) is 7.96. The minimum absolute atomic E-state index is 0.204. The summed E-state index contributed by atoms with van der Waals surface area (Å²) in [6.45, 7) is 3.71. The van der Waals surface area contributed by atoms with Gasteiger partial charge in [0.25, 0.3) is 0 Å². The van der Waals surface area contributed by atoms with Gasteiger partial charge in [-0.15, -0.1) is 10.2 Å². The third-order valence-corrected chi connectivity index (χ3v) is 4.62. The second-order valence-corrected chi connectivity index (χ2v) is 6.67. The molecule has 2 aromatic rings. The van der Waals surface area contributed by atoms with Gasteiger partial charge in [-0.1, -0.05) is 17.4 Å². The van der Waals surface area contributed by atoms with Crippen LogP contribution in [-0.2, 0) is 9.53 Å². The van der Waals surface area contributed by atoms with E-state index in [2.05, 4.69) is 15.5 Å². The van der Waals surface area contributed by atoms with Gasteiger partial charge in [-0.05, 0) is 31.2 Å². The number of hydrogen-bond donors (Lipinski definition) is 1. The highest BCUT2D eigenvalue weighted by Crippen LogP contribution is 2.31. The molecule has 0 unspecified atom stereocenters. The number of hydrogen-bond acceptors (Lipinski definition) is 6. The molecule has 1 aliphatic rings. The molecule has 0 spiro atoms. The van der Waals surface area contributed by atoms with Crippen LogP contribution in [0.2, 0.25) is 0 Å². The van der Waals surface area contributed by atoms with Crippen LogP contribution in [0.15, 0.2) is 24.3 Å². The van der Waals surface area contributed by atoms with Crippen molar-refractivity contribution >= 4 is 35.1 Å². The molecule has 1 atom stereocenters. The highest BCUT2D eigenvalue weighted by Gasteiger charge is 2.32. The van der Waals surface area contributed by atoms with Crippen molar-refractivity contribution in [3.8, 4) is 10.6 Å². The highest BCUT2D eigenvalue weighted by atomic mass is 32.1. The zero-order valence-corrected chi connectivity index (χ0v) is 15.0. The molecule has 9 heteroatoms. The number of nitrogens with zero attached hydrogens (tertiary/aromatic N) is 3. The Hall–Kier alpha value is -2.81. The summed E-state index contributed by atoms with van der Waals surface area (Å²) in [5.41, 5.74) is 0.712. The number of aromatic nitrogens is 2. The summed E-state index contributed by atoms with van der Waals surface area (Å²) < 4.78 is 19.7. The van der Waals surface area contributed by atoms with Crippen LogP contribution in [-0.4, -0.2) is 41.4 Å². The number of amides is 2. The maximum atomic E-state index is 14.5. The van der Waals surface area contributed by atoms with Gasteiger partial charge in [-0.3, -0.25) is 9.69 Å². The molecule has 1 N–H and O–H groups in total. The molecule has 136 valence electrons. The number of anilines is 1. The molecule has 1 fully saturated rings. The lowest BCUT2D eigenvalue weighted by atomic mass is 10.2. The van der Waals surface area contributed by atoms with Crippen LogP contribution in [0.4, 0.5) is 14.9 Å². The standard InChI is InChI=1S/C17H17FN4O3S/c1-3-4-15-20-21-16(26-15)13-6-5-11(7-14(13)18)22-9-12(25-17(22)24)8-19-10(2)23/h3-7,12H,8-9H2,1-2H3,(H,19,23)/b4-3+/t12-/m0/s1. The summed E-state index contributed by atoms with van der Waals surface area (Å²) in [4.78, 5) is 24.3. The SMILES string of the molecule is C/C=C/c1nnc(-c2ccc(N3C[C@H](CNC(C)=O)OC3=O)cc2F)s1. The minimum atomic E-state index is -0.571. The Labute approximate surface area is 153 Å². The number of cyclic esters (lactones) is 1. The van der Waals surface area contributed by atoms with Crippen LogP contribution in [0.5, 0.6) is 0 Å². The molecular formula is C17H17FN4O3S. The normalized spacial score (nSPS) is 17.0. The van der Waals surface area contributed by atoms with Crippen molar-refractivity contribution in [2.45, 2.75) is 20.0 Å². The number of benzene rings is 1. The molecule has 7 nitrogen and oxygen atoms in total.